The van der Waals surface area contributed by atoms with Crippen LogP contribution in [0.1, 0.15) is 50.2 Å². The molecular weight excluding hydrogens is 424 g/mol. The largest absolute Gasteiger partial charge is 0.497 e. The summed E-state index contributed by atoms with van der Waals surface area (Å²) in [5, 5.41) is 0. The molecular formula is C25H32N2O4S. The lowest BCUT2D eigenvalue weighted by atomic mass is 9.94. The Kier molecular flexibility index (Phi) is 6.58. The fourth-order valence-corrected chi connectivity index (χ4v) is 6.14. The molecule has 4 rings (SSSR count). The molecule has 0 N–H and O–H groups in total. The predicted molar refractivity (Wildman–Crippen MR) is 126 cm³/mol. The zero-order valence-electron chi connectivity index (χ0n) is 19.1. The van der Waals surface area contributed by atoms with Crippen molar-refractivity contribution in [3.63, 3.8) is 0 Å². The molecule has 32 heavy (non-hydrogen) atoms. The first-order chi connectivity index (χ1) is 15.3. The summed E-state index contributed by atoms with van der Waals surface area (Å²) in [6.07, 6.45) is 2.95. The van der Waals surface area contributed by atoms with Gasteiger partial charge in [-0.3, -0.25) is 4.79 Å². The number of carbonyl (C=O) groups excluding carboxylic acids is 1. The molecule has 1 saturated heterocycles. The van der Waals surface area contributed by atoms with Crippen molar-refractivity contribution >= 4 is 21.6 Å². The first-order valence-electron chi connectivity index (χ1n) is 11.4. The van der Waals surface area contributed by atoms with Gasteiger partial charge in [-0.1, -0.05) is 26.0 Å². The van der Waals surface area contributed by atoms with Gasteiger partial charge in [0.1, 0.15) is 5.75 Å². The van der Waals surface area contributed by atoms with Gasteiger partial charge in [0, 0.05) is 31.2 Å². The summed E-state index contributed by atoms with van der Waals surface area (Å²) in [6.45, 7) is 5.62. The second-order valence-electron chi connectivity index (χ2n) is 8.99. The minimum atomic E-state index is -3.54. The Bertz CT molecular complexity index is 1070. The van der Waals surface area contributed by atoms with Crippen LogP contribution in [0.2, 0.25) is 0 Å². The van der Waals surface area contributed by atoms with E-state index in [1.165, 1.54) is 4.31 Å². The Labute approximate surface area is 191 Å². The van der Waals surface area contributed by atoms with Crippen molar-refractivity contribution in [1.29, 1.82) is 0 Å². The minimum Gasteiger partial charge on any atom is -0.497 e. The number of hydrogen-bond acceptors (Lipinski definition) is 4. The molecule has 0 unspecified atom stereocenters. The Balaban J connectivity index is 1.43. The van der Waals surface area contributed by atoms with Crippen LogP contribution in [0.5, 0.6) is 5.75 Å². The van der Waals surface area contributed by atoms with E-state index in [0.29, 0.717) is 43.3 Å². The quantitative estimate of drug-likeness (QED) is 0.676. The number of aryl methyl sites for hydroxylation is 1. The van der Waals surface area contributed by atoms with Crippen LogP contribution in [0, 0.1) is 5.92 Å². The third-order valence-corrected chi connectivity index (χ3v) is 8.57. The summed E-state index contributed by atoms with van der Waals surface area (Å²) in [6, 6.07) is 13.0. The number of methoxy groups -OCH3 is 1. The number of amides is 1. The molecule has 2 heterocycles. The normalized spacial score (nSPS) is 17.9. The van der Waals surface area contributed by atoms with E-state index in [1.807, 2.05) is 35.2 Å². The number of sulfonamides is 1. The zero-order chi connectivity index (χ0) is 22.9. The Morgan fingerprint density at radius 3 is 2.34 bits per heavy atom. The van der Waals surface area contributed by atoms with Gasteiger partial charge in [-0.15, -0.1) is 0 Å². The molecule has 0 spiro atoms. The molecule has 0 aliphatic carbocycles. The molecule has 7 heteroatoms. The van der Waals surface area contributed by atoms with Gasteiger partial charge in [-0.2, -0.15) is 4.31 Å². The highest BCUT2D eigenvalue weighted by molar-refractivity contribution is 7.89. The van der Waals surface area contributed by atoms with E-state index < -0.39 is 10.0 Å². The molecule has 1 amide bonds. The third kappa shape index (κ3) is 4.41. The number of nitrogens with zero attached hydrogens (tertiary/aromatic N) is 2. The van der Waals surface area contributed by atoms with Gasteiger partial charge >= 0.3 is 0 Å². The molecule has 172 valence electrons. The van der Waals surface area contributed by atoms with Crippen molar-refractivity contribution in [2.75, 3.05) is 31.6 Å². The van der Waals surface area contributed by atoms with E-state index in [1.54, 1.807) is 19.2 Å². The topological polar surface area (TPSA) is 66.9 Å². The van der Waals surface area contributed by atoms with Crippen molar-refractivity contribution < 1.29 is 17.9 Å². The van der Waals surface area contributed by atoms with Gasteiger partial charge < -0.3 is 9.64 Å². The maximum Gasteiger partial charge on any atom is 0.243 e. The summed E-state index contributed by atoms with van der Waals surface area (Å²) in [5.74, 6) is 1.11. The molecule has 2 aromatic carbocycles. The highest BCUT2D eigenvalue weighted by atomic mass is 32.2. The molecule has 0 atom stereocenters. The Morgan fingerprint density at radius 1 is 1.03 bits per heavy atom. The summed E-state index contributed by atoms with van der Waals surface area (Å²) in [7, 11) is -1.89. The van der Waals surface area contributed by atoms with Crippen molar-refractivity contribution in [2.24, 2.45) is 5.92 Å². The highest BCUT2D eigenvalue weighted by Gasteiger charge is 2.35. The third-order valence-electron chi connectivity index (χ3n) is 6.66. The van der Waals surface area contributed by atoms with Crippen molar-refractivity contribution in [1.82, 2.24) is 4.31 Å². The number of ether oxygens (including phenoxy) is 1. The molecule has 6 nitrogen and oxygen atoms in total. The van der Waals surface area contributed by atoms with E-state index in [9.17, 15) is 13.2 Å². The predicted octanol–water partition coefficient (Wildman–Crippen LogP) is 4.20. The van der Waals surface area contributed by atoms with Gasteiger partial charge in [0.15, 0.2) is 0 Å². The summed E-state index contributed by atoms with van der Waals surface area (Å²) < 4.78 is 33.0. The van der Waals surface area contributed by atoms with E-state index in [4.69, 9.17) is 4.74 Å². The van der Waals surface area contributed by atoms with Crippen molar-refractivity contribution in [3.8, 4) is 5.75 Å². The molecule has 0 bridgehead atoms. The van der Waals surface area contributed by atoms with Crippen LogP contribution in [0.15, 0.2) is 47.4 Å². The van der Waals surface area contributed by atoms with Gasteiger partial charge in [-0.25, -0.2) is 8.42 Å². The summed E-state index contributed by atoms with van der Waals surface area (Å²) in [5.41, 5.74) is 3.21. The van der Waals surface area contributed by atoms with Gasteiger partial charge in [0.05, 0.1) is 12.0 Å². The molecule has 0 aromatic heterocycles. The van der Waals surface area contributed by atoms with E-state index >= 15 is 0 Å². The number of fused-ring (bicyclic) bond motifs is 1. The van der Waals surface area contributed by atoms with Crippen molar-refractivity contribution in [2.45, 2.75) is 50.3 Å². The van der Waals surface area contributed by atoms with Crippen LogP contribution < -0.4 is 9.64 Å². The standard InChI is InChI=1S/C25H32N2O4S/c1-18(2)19-6-9-23(10-7-19)32(29,30)26-15-12-20(13-16-26)25(28)27-14-4-5-21-17-22(31-3)8-11-24(21)27/h6-11,17-18,20H,4-5,12-16H2,1-3H3. The number of anilines is 1. The molecule has 2 aliphatic rings. The van der Waals surface area contributed by atoms with Crippen LogP contribution in [-0.2, 0) is 21.2 Å². The van der Waals surface area contributed by atoms with Gasteiger partial charge in [0.25, 0.3) is 0 Å². The van der Waals surface area contributed by atoms with Crippen LogP contribution in [-0.4, -0.2) is 45.4 Å². The molecule has 1 fully saturated rings. The average molecular weight is 457 g/mol. The van der Waals surface area contributed by atoms with Crippen LogP contribution >= 0.6 is 0 Å². The second-order valence-corrected chi connectivity index (χ2v) is 10.9. The number of carbonyl (C=O) groups is 1. The Hall–Kier alpha value is -2.38. The Morgan fingerprint density at radius 2 is 1.72 bits per heavy atom. The van der Waals surface area contributed by atoms with Crippen LogP contribution in [0.4, 0.5) is 5.69 Å². The molecule has 2 aromatic rings. The lowest BCUT2D eigenvalue weighted by molar-refractivity contribution is -0.123. The maximum atomic E-state index is 13.3. The van der Waals surface area contributed by atoms with Crippen LogP contribution in [0.3, 0.4) is 0 Å². The van der Waals surface area contributed by atoms with Gasteiger partial charge in [0.2, 0.25) is 15.9 Å². The highest BCUT2D eigenvalue weighted by Crippen LogP contribution is 2.33. The summed E-state index contributed by atoms with van der Waals surface area (Å²) >= 11 is 0. The zero-order valence-corrected chi connectivity index (χ0v) is 19.9. The fourth-order valence-electron chi connectivity index (χ4n) is 4.67. The number of piperidine rings is 1. The maximum absolute atomic E-state index is 13.3. The van der Waals surface area contributed by atoms with E-state index in [-0.39, 0.29) is 11.8 Å². The average Bonchev–Trinajstić information content (AvgIpc) is 2.83. The SMILES string of the molecule is COc1ccc2c(c1)CCCN2C(=O)C1CCN(S(=O)(=O)c2ccc(C(C)C)cc2)CC1. The molecule has 0 saturated carbocycles. The molecule has 2 aliphatic heterocycles. The number of benzene rings is 2. The monoisotopic (exact) mass is 456 g/mol. The first-order valence-corrected chi connectivity index (χ1v) is 12.8. The summed E-state index contributed by atoms with van der Waals surface area (Å²) in [4.78, 5) is 15.5. The van der Waals surface area contributed by atoms with E-state index in [0.717, 1.165) is 35.4 Å². The van der Waals surface area contributed by atoms with E-state index in [2.05, 4.69) is 13.8 Å². The van der Waals surface area contributed by atoms with Crippen molar-refractivity contribution in [3.05, 3.63) is 53.6 Å². The number of hydrogen-bond donors (Lipinski definition) is 0. The first kappa shape index (κ1) is 22.8. The minimum absolute atomic E-state index is 0.106. The number of rotatable bonds is 5. The van der Waals surface area contributed by atoms with Crippen LogP contribution in [0.25, 0.3) is 0 Å². The fraction of sp³-hybridized carbons (Fsp3) is 0.480. The lowest BCUT2D eigenvalue weighted by Gasteiger charge is -2.36. The lowest BCUT2D eigenvalue weighted by Crippen LogP contribution is -2.45. The molecule has 0 radical (unpaired) electrons. The smallest absolute Gasteiger partial charge is 0.243 e. The van der Waals surface area contributed by atoms with Gasteiger partial charge in [-0.05, 0) is 73.1 Å². The second kappa shape index (κ2) is 9.24.